The molecule has 0 saturated heterocycles. The number of amides is 1. The van der Waals surface area contributed by atoms with Crippen molar-refractivity contribution >= 4 is 70.3 Å². The summed E-state index contributed by atoms with van der Waals surface area (Å²) in [5.74, 6) is 0.194. The van der Waals surface area contributed by atoms with E-state index in [1.165, 1.54) is 11.8 Å². The predicted molar refractivity (Wildman–Crippen MR) is 208 cm³/mol. The third-order valence-corrected chi connectivity index (χ3v) is 9.87. The van der Waals surface area contributed by atoms with Gasteiger partial charge in [-0.25, -0.2) is 14.8 Å². The molecule has 19 heteroatoms. The van der Waals surface area contributed by atoms with Gasteiger partial charge in [-0.3, -0.25) is 4.79 Å². The molecule has 0 spiro atoms. The fraction of sp³-hybridized carbons (Fsp3) is 0.333. The van der Waals surface area contributed by atoms with E-state index >= 15 is 0 Å². The largest absolute Gasteiger partial charge is 0.506 e. The number of aromatic nitrogens is 2. The highest BCUT2D eigenvalue weighted by atomic mass is 32.2. The number of thioether (sulfide) groups is 4. The summed E-state index contributed by atoms with van der Waals surface area (Å²) in [6.45, 7) is 10.2. The van der Waals surface area contributed by atoms with E-state index < -0.39 is 16.9 Å². The molecule has 0 fully saturated rings. The van der Waals surface area contributed by atoms with Gasteiger partial charge in [0.25, 0.3) is 5.91 Å². The molecule has 2 aromatic heterocycles. The molecule has 0 atom stereocenters. The Kier molecular flexibility index (Phi) is 19.4. The number of alkyl halides is 6. The van der Waals surface area contributed by atoms with Gasteiger partial charge in [-0.1, -0.05) is 27.7 Å². The fourth-order valence-corrected chi connectivity index (χ4v) is 6.95. The van der Waals surface area contributed by atoms with Crippen LogP contribution in [0.25, 0.3) is 0 Å². The zero-order valence-corrected chi connectivity index (χ0v) is 33.6. The van der Waals surface area contributed by atoms with Crippen molar-refractivity contribution in [1.82, 2.24) is 9.97 Å². The van der Waals surface area contributed by atoms with Crippen molar-refractivity contribution in [1.29, 1.82) is 0 Å². The number of nitrogens with one attached hydrogen (secondary N) is 1. The van der Waals surface area contributed by atoms with Crippen LogP contribution in [0.1, 0.15) is 66.7 Å². The zero-order valence-electron chi connectivity index (χ0n) is 30.3. The standard InChI is InChI=1S/C17H17F3N2O2S2.C12H17NO2S.C7H6F3NOS/c1-3-10-7-14(25-4-2)15(21-9-10)16(24)22-12-8-11(5-6-13(12)23)26-17(18,19)20;1-4-9-7-10(16-6-3)11(13-8-9)12(14)15-5-2;8-7(9,10)13-4-1-2-6(12)5(11)3-4/h5-9,23H,3-4H2,1-2H3,(H,22,24);7-8H,4-6H2,1-3H3;1-3,12H,11H2. The van der Waals surface area contributed by atoms with Crippen LogP contribution in [0.5, 0.6) is 11.5 Å². The first-order chi connectivity index (χ1) is 25.8. The maximum Gasteiger partial charge on any atom is 0.446 e. The second-order valence-electron chi connectivity index (χ2n) is 10.6. The maximum absolute atomic E-state index is 12.5. The number of aryl methyl sites for hydroxylation is 2. The third kappa shape index (κ3) is 16.8. The molecule has 0 bridgehead atoms. The SMILES string of the molecule is CCOC(=O)c1ncc(CC)cc1SCC.CCSc1cc(CC)cnc1C(=O)Nc1cc(SC(F)(F)F)ccc1O.Nc1cc(SC(F)(F)F)ccc1O. The van der Waals surface area contributed by atoms with Crippen molar-refractivity contribution in [3.8, 4) is 11.5 Å². The Balaban J connectivity index is 0.000000308. The Morgan fingerprint density at radius 2 is 1.20 bits per heavy atom. The second kappa shape index (κ2) is 22.6. The van der Waals surface area contributed by atoms with Gasteiger partial charge in [0.05, 0.1) is 18.0 Å². The molecule has 0 saturated carbocycles. The number of esters is 1. The van der Waals surface area contributed by atoms with Gasteiger partial charge < -0.3 is 26.0 Å². The molecule has 0 aliphatic carbocycles. The smallest absolute Gasteiger partial charge is 0.446 e. The summed E-state index contributed by atoms with van der Waals surface area (Å²) >= 11 is 2.48. The quantitative estimate of drug-likeness (QED) is 0.0353. The first-order valence-electron chi connectivity index (χ1n) is 16.5. The van der Waals surface area contributed by atoms with Gasteiger partial charge in [0, 0.05) is 32.0 Å². The molecular formula is C36H40F6N4O5S4. The number of benzene rings is 2. The third-order valence-electron chi connectivity index (χ3n) is 6.60. The van der Waals surface area contributed by atoms with E-state index in [1.54, 1.807) is 31.1 Å². The molecule has 0 unspecified atom stereocenters. The lowest BCUT2D eigenvalue weighted by Crippen LogP contribution is -2.15. The first-order valence-corrected chi connectivity index (χ1v) is 20.1. The van der Waals surface area contributed by atoms with Gasteiger partial charge in [-0.05, 0) is 114 Å². The van der Waals surface area contributed by atoms with E-state index in [4.69, 9.17) is 15.6 Å². The summed E-state index contributed by atoms with van der Waals surface area (Å²) < 4.78 is 78.0. The highest BCUT2D eigenvalue weighted by Gasteiger charge is 2.30. The number of nitrogens with zero attached hydrogens (tertiary/aromatic N) is 2. The lowest BCUT2D eigenvalue weighted by atomic mass is 10.2. The summed E-state index contributed by atoms with van der Waals surface area (Å²) in [7, 11) is 0. The highest BCUT2D eigenvalue weighted by molar-refractivity contribution is 8.00. The lowest BCUT2D eigenvalue weighted by molar-refractivity contribution is -0.0337. The zero-order chi connectivity index (χ0) is 41.3. The highest BCUT2D eigenvalue weighted by Crippen LogP contribution is 2.40. The number of rotatable bonds is 12. The molecule has 9 nitrogen and oxygen atoms in total. The predicted octanol–water partition coefficient (Wildman–Crippen LogP) is 10.8. The fourth-order valence-electron chi connectivity index (χ4n) is 4.13. The summed E-state index contributed by atoms with van der Waals surface area (Å²) in [6, 6.07) is 10.6. The van der Waals surface area contributed by atoms with Crippen LogP contribution in [0.15, 0.2) is 80.5 Å². The normalized spacial score (nSPS) is 11.1. The molecule has 4 aromatic rings. The maximum atomic E-state index is 12.5. The molecule has 1 amide bonds. The number of ether oxygens (including phenoxy) is 1. The molecule has 0 aliphatic heterocycles. The molecule has 2 heterocycles. The van der Waals surface area contributed by atoms with Crippen molar-refractivity contribution in [3.05, 3.63) is 83.4 Å². The molecule has 0 radical (unpaired) electrons. The minimum absolute atomic E-state index is 0.0391. The number of hydrogen-bond donors (Lipinski definition) is 4. The molecule has 4 rings (SSSR count). The summed E-state index contributed by atoms with van der Waals surface area (Å²) in [5, 5.41) is 21.2. The minimum atomic E-state index is -4.46. The van der Waals surface area contributed by atoms with E-state index in [1.807, 2.05) is 26.0 Å². The van der Waals surface area contributed by atoms with E-state index in [0.29, 0.717) is 17.2 Å². The van der Waals surface area contributed by atoms with Crippen LogP contribution in [-0.2, 0) is 17.6 Å². The molecule has 300 valence electrons. The number of phenolic OH excluding ortho intramolecular Hbond substituents is 2. The number of aromatic hydroxyl groups is 2. The number of phenols is 2. The Morgan fingerprint density at radius 3 is 1.65 bits per heavy atom. The van der Waals surface area contributed by atoms with Crippen LogP contribution in [-0.4, -0.2) is 61.2 Å². The van der Waals surface area contributed by atoms with Crippen LogP contribution in [0.2, 0.25) is 0 Å². The van der Waals surface area contributed by atoms with Crippen molar-refractivity contribution in [2.45, 2.75) is 78.1 Å². The summed E-state index contributed by atoms with van der Waals surface area (Å²) in [6.07, 6.45) is 5.02. The Hall–Kier alpha value is -3.94. The number of nitrogens with two attached hydrogens (primary N) is 1. The number of pyridine rings is 2. The van der Waals surface area contributed by atoms with Crippen LogP contribution in [0.4, 0.5) is 37.7 Å². The second-order valence-corrected chi connectivity index (χ2v) is 15.5. The Labute approximate surface area is 332 Å². The van der Waals surface area contributed by atoms with Gasteiger partial charge in [0.15, 0.2) is 5.69 Å². The van der Waals surface area contributed by atoms with Crippen molar-refractivity contribution in [2.24, 2.45) is 0 Å². The Bertz CT molecular complexity index is 1880. The first kappa shape index (κ1) is 47.2. The average molecular weight is 851 g/mol. The van der Waals surface area contributed by atoms with Crippen LogP contribution < -0.4 is 11.1 Å². The number of halogens is 6. The molecule has 55 heavy (non-hydrogen) atoms. The molecule has 5 N–H and O–H groups in total. The molecule has 2 aromatic carbocycles. The Morgan fingerprint density at radius 1 is 0.727 bits per heavy atom. The molecular weight excluding hydrogens is 811 g/mol. The number of hydrogen-bond acceptors (Lipinski definition) is 12. The van der Waals surface area contributed by atoms with Gasteiger partial charge >= 0.3 is 17.0 Å². The number of carbonyl (C=O) groups is 2. The van der Waals surface area contributed by atoms with E-state index in [0.717, 1.165) is 76.8 Å². The number of nitrogen functional groups attached to an aromatic ring is 1. The number of anilines is 2. The van der Waals surface area contributed by atoms with Crippen molar-refractivity contribution < 1.29 is 50.9 Å². The van der Waals surface area contributed by atoms with Crippen LogP contribution >= 0.6 is 47.0 Å². The van der Waals surface area contributed by atoms with Gasteiger partial charge in [0.2, 0.25) is 0 Å². The minimum Gasteiger partial charge on any atom is -0.506 e. The van der Waals surface area contributed by atoms with E-state index in [2.05, 4.69) is 29.1 Å². The van der Waals surface area contributed by atoms with Gasteiger partial charge in [-0.15, -0.1) is 23.5 Å². The van der Waals surface area contributed by atoms with Crippen LogP contribution in [0.3, 0.4) is 0 Å². The van der Waals surface area contributed by atoms with Gasteiger partial charge in [0.1, 0.15) is 17.2 Å². The van der Waals surface area contributed by atoms with Crippen LogP contribution in [0, 0.1) is 0 Å². The van der Waals surface area contributed by atoms with E-state index in [9.17, 15) is 41.0 Å². The van der Waals surface area contributed by atoms with E-state index in [-0.39, 0.29) is 67.9 Å². The molecule has 0 aliphatic rings. The lowest BCUT2D eigenvalue weighted by Gasteiger charge is -2.12. The summed E-state index contributed by atoms with van der Waals surface area (Å²) in [5.41, 5.74) is -1.02. The topological polar surface area (TPSA) is 148 Å². The van der Waals surface area contributed by atoms with Crippen molar-refractivity contribution in [3.63, 3.8) is 0 Å². The summed E-state index contributed by atoms with van der Waals surface area (Å²) in [4.78, 5) is 34.0. The monoisotopic (exact) mass is 850 g/mol. The van der Waals surface area contributed by atoms with Gasteiger partial charge in [-0.2, -0.15) is 26.3 Å². The average Bonchev–Trinajstić information content (AvgIpc) is 3.11. The number of carbonyl (C=O) groups excluding carboxylic acids is 2. The van der Waals surface area contributed by atoms with Crippen molar-refractivity contribution in [2.75, 3.05) is 29.2 Å².